The fourth-order valence-electron chi connectivity index (χ4n) is 9.96. The van der Waals surface area contributed by atoms with Crippen LogP contribution in [-0.2, 0) is 0 Å². The lowest BCUT2D eigenvalue weighted by molar-refractivity contribution is -0.158. The first kappa shape index (κ1) is 30.4. The minimum atomic E-state index is 0.127. The van der Waals surface area contributed by atoms with Crippen molar-refractivity contribution in [3.63, 3.8) is 0 Å². The number of thiol groups is 2. The van der Waals surface area contributed by atoms with Gasteiger partial charge in [-0.05, 0) is 81.1 Å². The van der Waals surface area contributed by atoms with E-state index < -0.39 is 0 Å². The summed E-state index contributed by atoms with van der Waals surface area (Å²) < 4.78 is 0. The molecule has 0 N–H and O–H groups in total. The maximum Gasteiger partial charge on any atom is 0.0630 e. The van der Waals surface area contributed by atoms with Gasteiger partial charge in [0.25, 0.3) is 0 Å². The van der Waals surface area contributed by atoms with Gasteiger partial charge in [0.2, 0.25) is 0 Å². The zero-order chi connectivity index (χ0) is 26.7. The Morgan fingerprint density at radius 2 is 1.30 bits per heavy atom. The Bertz CT molecular complexity index is 774. The van der Waals surface area contributed by atoms with Crippen molar-refractivity contribution in [1.29, 1.82) is 0 Å². The fraction of sp³-hybridized carbons (Fsp3) is 0.941. The second-order valence-corrected chi connectivity index (χ2v) is 15.4. The van der Waals surface area contributed by atoms with Crippen LogP contribution in [0.2, 0.25) is 0 Å². The third kappa shape index (κ3) is 5.64. The van der Waals surface area contributed by atoms with Gasteiger partial charge in [-0.15, -0.1) is 25.3 Å². The van der Waals surface area contributed by atoms with E-state index in [-0.39, 0.29) is 11.0 Å². The molecule has 6 atom stereocenters. The molecule has 0 amide bonds. The van der Waals surface area contributed by atoms with E-state index in [0.29, 0.717) is 5.41 Å². The maximum absolute atomic E-state index is 5.33. The molecule has 4 aliphatic rings. The van der Waals surface area contributed by atoms with Crippen LogP contribution < -0.4 is 0 Å². The second kappa shape index (κ2) is 12.9. The van der Waals surface area contributed by atoms with Gasteiger partial charge in [0.1, 0.15) is 0 Å². The minimum absolute atomic E-state index is 0.127. The standard InChI is InChI=1S/C34H61NS2/c1-6-33-28-21-13-12-19-26(3)18-10-8-11-20-27(28)29-22-14-16-24-32(4,5)23-15-9-17-25-35(29)34(33,7-2)31(37)30(33)36/h26-29,36-37H,6-25H2,1-5H3. The summed E-state index contributed by atoms with van der Waals surface area (Å²) in [6, 6.07) is 0.734. The highest BCUT2D eigenvalue weighted by Gasteiger charge is 2.71. The van der Waals surface area contributed by atoms with Crippen LogP contribution in [0.1, 0.15) is 157 Å². The summed E-state index contributed by atoms with van der Waals surface area (Å²) in [4.78, 5) is 5.82. The van der Waals surface area contributed by atoms with E-state index >= 15 is 0 Å². The molecule has 0 aromatic heterocycles. The molecule has 0 aromatic rings. The predicted octanol–water partition coefficient (Wildman–Crippen LogP) is 10.9. The Kier molecular flexibility index (Phi) is 10.6. The molecule has 4 rings (SSSR count). The third-order valence-electron chi connectivity index (χ3n) is 11.9. The molecule has 2 aliphatic carbocycles. The number of fused-ring (bicyclic) bond motifs is 6. The zero-order valence-corrected chi connectivity index (χ0v) is 27.1. The van der Waals surface area contributed by atoms with Gasteiger partial charge in [-0.3, -0.25) is 4.90 Å². The lowest BCUT2D eigenvalue weighted by Gasteiger charge is -2.73. The molecule has 1 saturated carbocycles. The molecule has 214 valence electrons. The maximum atomic E-state index is 5.33. The number of nitrogens with zero attached hydrogens (tertiary/aromatic N) is 1. The molecule has 3 heteroatoms. The Balaban J connectivity index is 1.73. The van der Waals surface area contributed by atoms with Gasteiger partial charge < -0.3 is 0 Å². The molecule has 37 heavy (non-hydrogen) atoms. The van der Waals surface area contributed by atoms with Crippen LogP contribution in [0.25, 0.3) is 0 Å². The van der Waals surface area contributed by atoms with Crippen LogP contribution in [0.3, 0.4) is 0 Å². The lowest BCUT2D eigenvalue weighted by atomic mass is 9.44. The first-order valence-corrected chi connectivity index (χ1v) is 17.5. The molecular formula is C34H61NS2. The largest absolute Gasteiger partial charge is 0.289 e. The predicted molar refractivity (Wildman–Crippen MR) is 170 cm³/mol. The van der Waals surface area contributed by atoms with Gasteiger partial charge in [-0.1, -0.05) is 105 Å². The molecule has 0 spiro atoms. The smallest absolute Gasteiger partial charge is 0.0630 e. The highest BCUT2D eigenvalue weighted by molar-refractivity contribution is 7.89. The molecule has 2 aliphatic heterocycles. The van der Waals surface area contributed by atoms with Crippen molar-refractivity contribution in [2.75, 3.05) is 6.54 Å². The van der Waals surface area contributed by atoms with Crippen molar-refractivity contribution in [3.8, 4) is 0 Å². The van der Waals surface area contributed by atoms with Gasteiger partial charge in [0.15, 0.2) is 0 Å². The van der Waals surface area contributed by atoms with E-state index in [1.807, 2.05) is 0 Å². The molecule has 0 radical (unpaired) electrons. The summed E-state index contributed by atoms with van der Waals surface area (Å²) >= 11 is 10.6. The van der Waals surface area contributed by atoms with Crippen molar-refractivity contribution in [3.05, 3.63) is 9.81 Å². The highest BCUT2D eigenvalue weighted by Crippen LogP contribution is 2.72. The summed E-state index contributed by atoms with van der Waals surface area (Å²) in [5.74, 6) is 2.52. The number of piperidine rings is 1. The van der Waals surface area contributed by atoms with Crippen molar-refractivity contribution in [2.45, 2.75) is 168 Å². The van der Waals surface area contributed by atoms with Gasteiger partial charge in [0, 0.05) is 21.3 Å². The molecule has 0 aromatic carbocycles. The van der Waals surface area contributed by atoms with E-state index in [9.17, 15) is 0 Å². The molecule has 2 heterocycles. The first-order chi connectivity index (χ1) is 17.7. The molecular weight excluding hydrogens is 487 g/mol. The topological polar surface area (TPSA) is 3.24 Å². The van der Waals surface area contributed by atoms with Gasteiger partial charge in [-0.25, -0.2) is 0 Å². The summed E-state index contributed by atoms with van der Waals surface area (Å²) in [6.45, 7) is 13.8. The number of hydrogen-bond acceptors (Lipinski definition) is 3. The van der Waals surface area contributed by atoms with Gasteiger partial charge in [-0.2, -0.15) is 0 Å². The van der Waals surface area contributed by atoms with Gasteiger partial charge in [0.05, 0.1) is 5.54 Å². The number of hydrogen-bond donors (Lipinski definition) is 2. The van der Waals surface area contributed by atoms with Crippen LogP contribution in [-0.4, -0.2) is 23.0 Å². The first-order valence-electron chi connectivity index (χ1n) is 16.6. The van der Waals surface area contributed by atoms with Crippen molar-refractivity contribution >= 4 is 25.3 Å². The van der Waals surface area contributed by atoms with Crippen molar-refractivity contribution in [2.24, 2.45) is 28.6 Å². The van der Waals surface area contributed by atoms with E-state index in [4.69, 9.17) is 25.3 Å². The Morgan fingerprint density at radius 1 is 0.703 bits per heavy atom. The fourth-order valence-corrected chi connectivity index (χ4v) is 11.3. The average molecular weight is 548 g/mol. The van der Waals surface area contributed by atoms with Crippen LogP contribution in [0, 0.1) is 28.6 Å². The van der Waals surface area contributed by atoms with E-state index in [0.717, 1.165) is 23.8 Å². The Hall–Kier alpha value is 0.400. The van der Waals surface area contributed by atoms with Crippen LogP contribution in [0.15, 0.2) is 9.81 Å². The van der Waals surface area contributed by atoms with Crippen LogP contribution in [0.4, 0.5) is 0 Å². The average Bonchev–Trinajstić information content (AvgIpc) is 2.87. The molecule has 1 nitrogen and oxygen atoms in total. The van der Waals surface area contributed by atoms with E-state index in [1.165, 1.54) is 138 Å². The van der Waals surface area contributed by atoms with Crippen molar-refractivity contribution in [1.82, 2.24) is 4.90 Å². The number of rotatable bonds is 2. The summed E-state index contributed by atoms with van der Waals surface area (Å²) in [5.41, 5.74) is 0.871. The quantitative estimate of drug-likeness (QED) is 0.325. The van der Waals surface area contributed by atoms with E-state index in [2.05, 4.69) is 39.5 Å². The van der Waals surface area contributed by atoms with Crippen molar-refractivity contribution < 1.29 is 0 Å². The minimum Gasteiger partial charge on any atom is -0.289 e. The third-order valence-corrected chi connectivity index (χ3v) is 13.3. The Labute approximate surface area is 242 Å². The highest BCUT2D eigenvalue weighted by atomic mass is 32.1. The molecule has 6 unspecified atom stereocenters. The molecule has 2 saturated heterocycles. The monoisotopic (exact) mass is 547 g/mol. The normalized spacial score (nSPS) is 40.9. The zero-order valence-electron chi connectivity index (χ0n) is 25.3. The van der Waals surface area contributed by atoms with Crippen LogP contribution in [0.5, 0.6) is 0 Å². The molecule has 3 fully saturated rings. The second-order valence-electron chi connectivity index (χ2n) is 14.5. The van der Waals surface area contributed by atoms with Crippen LogP contribution >= 0.6 is 25.3 Å². The summed E-state index contributed by atoms with van der Waals surface area (Å²) in [6.07, 6.45) is 26.5. The lowest BCUT2D eigenvalue weighted by Crippen LogP contribution is -2.76. The Morgan fingerprint density at radius 3 is 2.00 bits per heavy atom. The molecule has 0 bridgehead atoms. The summed E-state index contributed by atoms with van der Waals surface area (Å²) in [5, 5.41) is 0. The van der Waals surface area contributed by atoms with Gasteiger partial charge >= 0.3 is 0 Å². The van der Waals surface area contributed by atoms with E-state index in [1.54, 1.807) is 0 Å². The SMILES string of the molecule is CCC12C(S)=C(S)C1(CC)N1CCCCCC(C)(C)CCCCC1C1CCCCCC(C)CCCCC12. The summed E-state index contributed by atoms with van der Waals surface area (Å²) in [7, 11) is 0.